The molecule has 8 heteroatoms. The highest BCUT2D eigenvalue weighted by Gasteiger charge is 2.33. The molecule has 0 aliphatic carbocycles. The molecule has 0 saturated heterocycles. The molecule has 0 aliphatic rings. The molecule has 38 heavy (non-hydrogen) atoms. The van der Waals surface area contributed by atoms with E-state index in [2.05, 4.69) is 5.32 Å². The molecule has 0 spiro atoms. The van der Waals surface area contributed by atoms with Crippen molar-refractivity contribution in [2.75, 3.05) is 23.7 Å². The smallest absolute Gasteiger partial charge is 0.244 e. The van der Waals surface area contributed by atoms with Crippen LogP contribution < -0.4 is 9.62 Å². The second kappa shape index (κ2) is 13.2. The highest BCUT2D eigenvalue weighted by molar-refractivity contribution is 7.92. The standard InChI is InChI=1S/C30H37N3O4S/c1-5-18-31-30(35)28(20-25-14-7-6-8-15-25)32(21-26-16-11-12-23(2)19-26)29(34)22-33(38(4,36)37)27-17-10-9-13-24(27)3/h6-17,19,28H,5,18,20-22H2,1-4H3,(H,31,35)/t28-/m0/s1. The quantitative estimate of drug-likeness (QED) is 0.376. The predicted octanol–water partition coefficient (Wildman–Crippen LogP) is 4.24. The van der Waals surface area contributed by atoms with Crippen LogP contribution >= 0.6 is 0 Å². The summed E-state index contributed by atoms with van der Waals surface area (Å²) in [5.41, 5.74) is 3.97. The van der Waals surface area contributed by atoms with Crippen LogP contribution in [-0.4, -0.2) is 50.5 Å². The minimum atomic E-state index is -3.78. The Labute approximate surface area is 226 Å². The van der Waals surface area contributed by atoms with Gasteiger partial charge in [0.25, 0.3) is 0 Å². The topological polar surface area (TPSA) is 86.8 Å². The Kier molecular flexibility index (Phi) is 10.1. The Bertz CT molecular complexity index is 1340. The van der Waals surface area contributed by atoms with E-state index < -0.39 is 28.5 Å². The van der Waals surface area contributed by atoms with Crippen molar-refractivity contribution in [1.29, 1.82) is 0 Å². The molecule has 3 aromatic rings. The van der Waals surface area contributed by atoms with E-state index in [4.69, 9.17) is 0 Å². The van der Waals surface area contributed by atoms with Crippen molar-refractivity contribution < 1.29 is 18.0 Å². The van der Waals surface area contributed by atoms with Crippen LogP contribution in [0.5, 0.6) is 0 Å². The highest BCUT2D eigenvalue weighted by Crippen LogP contribution is 2.23. The average molecular weight is 536 g/mol. The first-order chi connectivity index (χ1) is 18.1. The van der Waals surface area contributed by atoms with Crippen molar-refractivity contribution in [3.05, 3.63) is 101 Å². The van der Waals surface area contributed by atoms with Crippen molar-refractivity contribution in [2.24, 2.45) is 0 Å². The maximum Gasteiger partial charge on any atom is 0.244 e. The lowest BCUT2D eigenvalue weighted by Crippen LogP contribution is -2.53. The number of amides is 2. The van der Waals surface area contributed by atoms with Crippen molar-refractivity contribution in [2.45, 2.75) is 46.2 Å². The number of para-hydroxylation sites is 1. The van der Waals surface area contributed by atoms with E-state index in [0.29, 0.717) is 18.7 Å². The number of anilines is 1. The first-order valence-electron chi connectivity index (χ1n) is 12.8. The third-order valence-electron chi connectivity index (χ3n) is 6.32. The van der Waals surface area contributed by atoms with Crippen molar-refractivity contribution in [1.82, 2.24) is 10.2 Å². The molecule has 0 heterocycles. The van der Waals surface area contributed by atoms with Gasteiger partial charge in [0.1, 0.15) is 12.6 Å². The van der Waals surface area contributed by atoms with Gasteiger partial charge >= 0.3 is 0 Å². The summed E-state index contributed by atoms with van der Waals surface area (Å²) in [5, 5.41) is 2.94. The maximum atomic E-state index is 14.0. The average Bonchev–Trinajstić information content (AvgIpc) is 2.88. The summed E-state index contributed by atoms with van der Waals surface area (Å²) in [5.74, 6) is -0.716. The zero-order chi connectivity index (χ0) is 27.7. The summed E-state index contributed by atoms with van der Waals surface area (Å²) in [7, 11) is -3.78. The fourth-order valence-electron chi connectivity index (χ4n) is 4.37. The van der Waals surface area contributed by atoms with Crippen LogP contribution in [0.25, 0.3) is 0 Å². The molecule has 0 saturated carbocycles. The lowest BCUT2D eigenvalue weighted by molar-refractivity contribution is -0.140. The van der Waals surface area contributed by atoms with E-state index in [1.54, 1.807) is 25.1 Å². The van der Waals surface area contributed by atoms with E-state index in [0.717, 1.165) is 39.2 Å². The Morgan fingerprint density at radius 2 is 1.55 bits per heavy atom. The molecule has 0 radical (unpaired) electrons. The second-order valence-electron chi connectivity index (χ2n) is 9.56. The normalized spacial score (nSPS) is 12.0. The number of hydrogen-bond donors (Lipinski definition) is 1. The minimum Gasteiger partial charge on any atom is -0.354 e. The van der Waals surface area contributed by atoms with Gasteiger partial charge in [0.15, 0.2) is 0 Å². The molecule has 0 fully saturated rings. The first kappa shape index (κ1) is 28.9. The highest BCUT2D eigenvalue weighted by atomic mass is 32.2. The van der Waals surface area contributed by atoms with Crippen molar-refractivity contribution >= 4 is 27.5 Å². The van der Waals surface area contributed by atoms with Gasteiger partial charge in [-0.25, -0.2) is 8.42 Å². The number of carbonyl (C=O) groups is 2. The van der Waals surface area contributed by atoms with Gasteiger partial charge in [0.05, 0.1) is 11.9 Å². The van der Waals surface area contributed by atoms with Gasteiger partial charge < -0.3 is 10.2 Å². The third-order valence-corrected chi connectivity index (χ3v) is 7.45. The van der Waals surface area contributed by atoms with Crippen LogP contribution in [0.2, 0.25) is 0 Å². The molecule has 0 aliphatic heterocycles. The van der Waals surface area contributed by atoms with Crippen molar-refractivity contribution in [3.8, 4) is 0 Å². The number of rotatable bonds is 12. The number of aryl methyl sites for hydroxylation is 2. The van der Waals surface area contributed by atoms with Crippen LogP contribution in [-0.2, 0) is 32.6 Å². The molecular formula is C30H37N3O4S. The summed E-state index contributed by atoms with van der Waals surface area (Å²) in [4.78, 5) is 29.0. The van der Waals surface area contributed by atoms with Crippen LogP contribution in [0.15, 0.2) is 78.9 Å². The molecule has 2 amide bonds. The largest absolute Gasteiger partial charge is 0.354 e. The van der Waals surface area contributed by atoms with Gasteiger partial charge in [-0.2, -0.15) is 0 Å². The molecule has 7 nitrogen and oxygen atoms in total. The lowest BCUT2D eigenvalue weighted by Gasteiger charge is -2.34. The van der Waals surface area contributed by atoms with Crippen LogP contribution in [0.4, 0.5) is 5.69 Å². The number of nitrogens with zero attached hydrogens (tertiary/aromatic N) is 2. The first-order valence-corrected chi connectivity index (χ1v) is 14.6. The van der Waals surface area contributed by atoms with E-state index in [-0.39, 0.29) is 12.5 Å². The van der Waals surface area contributed by atoms with Gasteiger partial charge in [0.2, 0.25) is 21.8 Å². The van der Waals surface area contributed by atoms with E-state index >= 15 is 0 Å². The molecule has 3 rings (SSSR count). The molecular weight excluding hydrogens is 498 g/mol. The SMILES string of the molecule is CCCNC(=O)[C@H](Cc1ccccc1)N(Cc1cccc(C)c1)C(=O)CN(c1ccccc1C)S(C)(=O)=O. The molecule has 202 valence electrons. The summed E-state index contributed by atoms with van der Waals surface area (Å²) in [6.45, 7) is 5.97. The second-order valence-corrected chi connectivity index (χ2v) is 11.5. The van der Waals surface area contributed by atoms with Crippen LogP contribution in [0, 0.1) is 13.8 Å². The number of hydrogen-bond acceptors (Lipinski definition) is 4. The molecule has 1 N–H and O–H groups in total. The van der Waals surface area contributed by atoms with E-state index in [1.165, 1.54) is 4.90 Å². The Balaban J connectivity index is 2.05. The Morgan fingerprint density at radius 3 is 2.18 bits per heavy atom. The molecule has 0 unspecified atom stereocenters. The summed E-state index contributed by atoms with van der Waals surface area (Å²) < 4.78 is 26.8. The van der Waals surface area contributed by atoms with Crippen molar-refractivity contribution in [3.63, 3.8) is 0 Å². The number of sulfonamides is 1. The summed E-state index contributed by atoms with van der Waals surface area (Å²) in [6, 6.07) is 23.5. The Morgan fingerprint density at radius 1 is 0.895 bits per heavy atom. The Hall–Kier alpha value is -3.65. The monoisotopic (exact) mass is 535 g/mol. The van der Waals surface area contributed by atoms with Gasteiger partial charge in [-0.05, 0) is 43.0 Å². The van der Waals surface area contributed by atoms with Gasteiger partial charge in [-0.15, -0.1) is 0 Å². The zero-order valence-corrected chi connectivity index (χ0v) is 23.4. The summed E-state index contributed by atoms with van der Waals surface area (Å²) in [6.07, 6.45) is 2.15. The summed E-state index contributed by atoms with van der Waals surface area (Å²) >= 11 is 0. The number of benzene rings is 3. The molecule has 3 aromatic carbocycles. The van der Waals surface area contributed by atoms with Crippen LogP contribution in [0.1, 0.15) is 35.6 Å². The third kappa shape index (κ3) is 7.92. The van der Waals surface area contributed by atoms with E-state index in [9.17, 15) is 18.0 Å². The fraction of sp³-hybridized carbons (Fsp3) is 0.333. The molecule has 0 aromatic heterocycles. The van der Waals surface area contributed by atoms with E-state index in [1.807, 2.05) is 74.5 Å². The molecule has 1 atom stereocenters. The van der Waals surface area contributed by atoms with Gasteiger partial charge in [-0.3, -0.25) is 13.9 Å². The number of carbonyl (C=O) groups excluding carboxylic acids is 2. The number of nitrogens with one attached hydrogen (secondary N) is 1. The lowest BCUT2D eigenvalue weighted by atomic mass is 10.0. The predicted molar refractivity (Wildman–Crippen MR) is 152 cm³/mol. The maximum absolute atomic E-state index is 14.0. The van der Waals surface area contributed by atoms with Gasteiger partial charge in [0, 0.05) is 19.5 Å². The van der Waals surface area contributed by atoms with Gasteiger partial charge in [-0.1, -0.05) is 85.3 Å². The molecule has 0 bridgehead atoms. The van der Waals surface area contributed by atoms with Crippen LogP contribution in [0.3, 0.4) is 0 Å². The minimum absolute atomic E-state index is 0.170. The fourth-order valence-corrected chi connectivity index (χ4v) is 5.27. The zero-order valence-electron chi connectivity index (χ0n) is 22.6.